The Labute approximate surface area is 123 Å². The van der Waals surface area contributed by atoms with E-state index in [9.17, 15) is 0 Å². The van der Waals surface area contributed by atoms with Gasteiger partial charge in [0.1, 0.15) is 11.4 Å². The smallest absolute Gasteiger partial charge is 0.120 e. The van der Waals surface area contributed by atoms with E-state index in [0.717, 1.165) is 25.3 Å². The highest BCUT2D eigenvalue weighted by molar-refractivity contribution is 5.31. The number of hydrogen-bond donors (Lipinski definition) is 1. The molecule has 112 valence electrons. The van der Waals surface area contributed by atoms with Crippen molar-refractivity contribution in [1.29, 1.82) is 0 Å². The van der Waals surface area contributed by atoms with Crippen molar-refractivity contribution in [2.24, 2.45) is 0 Å². The Bertz CT molecular complexity index is 410. The van der Waals surface area contributed by atoms with Crippen LogP contribution in [-0.4, -0.2) is 18.7 Å². The molecular weight excluding hydrogens is 246 g/mol. The van der Waals surface area contributed by atoms with Gasteiger partial charge in [-0.1, -0.05) is 32.9 Å². The van der Waals surface area contributed by atoms with Crippen LogP contribution in [0.1, 0.15) is 64.4 Å². The number of benzene rings is 1. The monoisotopic (exact) mass is 275 g/mol. The molecular formula is C18H29NO. The maximum atomic E-state index is 6.37. The van der Waals surface area contributed by atoms with E-state index in [1.165, 1.54) is 31.2 Å². The van der Waals surface area contributed by atoms with E-state index < -0.39 is 0 Å². The Morgan fingerprint density at radius 1 is 1.25 bits per heavy atom. The van der Waals surface area contributed by atoms with Crippen LogP contribution in [-0.2, 0) is 0 Å². The fourth-order valence-corrected chi connectivity index (χ4v) is 2.78. The van der Waals surface area contributed by atoms with Gasteiger partial charge < -0.3 is 10.1 Å². The van der Waals surface area contributed by atoms with Crippen molar-refractivity contribution >= 4 is 0 Å². The maximum absolute atomic E-state index is 6.37. The molecule has 0 saturated heterocycles. The summed E-state index contributed by atoms with van der Waals surface area (Å²) in [6.45, 7) is 8.84. The summed E-state index contributed by atoms with van der Waals surface area (Å²) in [7, 11) is 0. The van der Waals surface area contributed by atoms with Gasteiger partial charge in [-0.3, -0.25) is 0 Å². The van der Waals surface area contributed by atoms with E-state index in [0.29, 0.717) is 5.92 Å². The second-order valence-electron chi connectivity index (χ2n) is 6.37. The van der Waals surface area contributed by atoms with Crippen LogP contribution in [0.25, 0.3) is 0 Å². The second kappa shape index (κ2) is 7.12. The number of nitrogens with one attached hydrogen (secondary N) is 1. The quantitative estimate of drug-likeness (QED) is 0.705. The van der Waals surface area contributed by atoms with Crippen LogP contribution < -0.4 is 10.1 Å². The van der Waals surface area contributed by atoms with E-state index in [1.54, 1.807) is 0 Å². The van der Waals surface area contributed by atoms with Gasteiger partial charge in [0.2, 0.25) is 0 Å². The highest BCUT2D eigenvalue weighted by Gasteiger charge is 2.38. The summed E-state index contributed by atoms with van der Waals surface area (Å²) in [5, 5.41) is 3.49. The third kappa shape index (κ3) is 3.99. The number of hydrogen-bond acceptors (Lipinski definition) is 2. The zero-order valence-electron chi connectivity index (χ0n) is 13.2. The molecule has 1 fully saturated rings. The zero-order valence-corrected chi connectivity index (χ0v) is 13.2. The molecule has 2 heteroatoms. The van der Waals surface area contributed by atoms with Crippen LogP contribution >= 0.6 is 0 Å². The van der Waals surface area contributed by atoms with Crippen molar-refractivity contribution in [1.82, 2.24) is 5.32 Å². The summed E-state index contributed by atoms with van der Waals surface area (Å²) in [5.41, 5.74) is 1.46. The molecule has 1 N–H and O–H groups in total. The van der Waals surface area contributed by atoms with Gasteiger partial charge in [-0.15, -0.1) is 0 Å². The summed E-state index contributed by atoms with van der Waals surface area (Å²) >= 11 is 0. The number of rotatable bonds is 8. The van der Waals surface area contributed by atoms with Gasteiger partial charge in [0.15, 0.2) is 0 Å². The minimum Gasteiger partial charge on any atom is -0.487 e. The van der Waals surface area contributed by atoms with E-state index >= 15 is 0 Å². The summed E-state index contributed by atoms with van der Waals surface area (Å²) in [4.78, 5) is 0. The average Bonchev–Trinajstić information content (AvgIpc) is 2.40. The van der Waals surface area contributed by atoms with Gasteiger partial charge in [0, 0.05) is 0 Å². The third-order valence-electron chi connectivity index (χ3n) is 4.31. The third-order valence-corrected chi connectivity index (χ3v) is 4.31. The standard InChI is InChI=1S/C18H29NO/c1-4-12-19-13-11-18(9-6-10-18)20-17-8-5-7-16(14-17)15(2)3/h5,7-8,14-15,19H,4,6,9-13H2,1-3H3. The molecule has 0 heterocycles. The minimum absolute atomic E-state index is 0.0936. The SMILES string of the molecule is CCCNCCC1(Oc2cccc(C(C)C)c2)CCC1. The van der Waals surface area contributed by atoms with Gasteiger partial charge in [0.25, 0.3) is 0 Å². The minimum atomic E-state index is 0.0936. The molecule has 0 aromatic heterocycles. The molecule has 2 nitrogen and oxygen atoms in total. The first kappa shape index (κ1) is 15.4. The molecule has 20 heavy (non-hydrogen) atoms. The van der Waals surface area contributed by atoms with Crippen LogP contribution in [0.2, 0.25) is 0 Å². The molecule has 1 aliphatic rings. The summed E-state index contributed by atoms with van der Waals surface area (Å²) in [6.07, 6.45) is 6.03. The highest BCUT2D eigenvalue weighted by Crippen LogP contribution is 2.39. The molecule has 2 rings (SSSR count). The van der Waals surface area contributed by atoms with Crippen molar-refractivity contribution in [3.8, 4) is 5.75 Å². The molecule has 0 atom stereocenters. The van der Waals surface area contributed by atoms with Crippen molar-refractivity contribution in [2.45, 2.75) is 64.4 Å². The fraction of sp³-hybridized carbons (Fsp3) is 0.667. The number of ether oxygens (including phenoxy) is 1. The molecule has 1 aromatic carbocycles. The van der Waals surface area contributed by atoms with Crippen LogP contribution in [0.4, 0.5) is 0 Å². The highest BCUT2D eigenvalue weighted by atomic mass is 16.5. The zero-order chi connectivity index (χ0) is 14.4. The lowest BCUT2D eigenvalue weighted by Gasteiger charge is -2.42. The lowest BCUT2D eigenvalue weighted by molar-refractivity contribution is -0.0142. The summed E-state index contributed by atoms with van der Waals surface area (Å²) in [5.74, 6) is 1.61. The second-order valence-corrected chi connectivity index (χ2v) is 6.37. The Morgan fingerprint density at radius 2 is 2.05 bits per heavy atom. The van der Waals surface area contributed by atoms with E-state index in [1.807, 2.05) is 0 Å². The lowest BCUT2D eigenvalue weighted by atomic mass is 9.77. The first-order valence-corrected chi connectivity index (χ1v) is 8.15. The normalized spacial score (nSPS) is 17.0. The summed E-state index contributed by atoms with van der Waals surface area (Å²) in [6, 6.07) is 8.62. The van der Waals surface area contributed by atoms with Gasteiger partial charge >= 0.3 is 0 Å². The average molecular weight is 275 g/mol. The van der Waals surface area contributed by atoms with Gasteiger partial charge in [0.05, 0.1) is 0 Å². The Balaban J connectivity index is 1.93. The van der Waals surface area contributed by atoms with Crippen molar-refractivity contribution in [3.05, 3.63) is 29.8 Å². The Hall–Kier alpha value is -1.02. The Kier molecular flexibility index (Phi) is 5.47. The van der Waals surface area contributed by atoms with Crippen LogP contribution in [0.15, 0.2) is 24.3 Å². The first-order chi connectivity index (χ1) is 9.65. The van der Waals surface area contributed by atoms with Crippen molar-refractivity contribution in [3.63, 3.8) is 0 Å². The molecule has 0 radical (unpaired) electrons. The predicted molar refractivity (Wildman–Crippen MR) is 85.5 cm³/mol. The van der Waals surface area contributed by atoms with Gasteiger partial charge in [-0.25, -0.2) is 0 Å². The summed E-state index contributed by atoms with van der Waals surface area (Å²) < 4.78 is 6.37. The van der Waals surface area contributed by atoms with E-state index in [4.69, 9.17) is 4.74 Å². The molecule has 0 aliphatic heterocycles. The van der Waals surface area contributed by atoms with E-state index in [-0.39, 0.29) is 5.60 Å². The molecule has 0 spiro atoms. The van der Waals surface area contributed by atoms with Crippen LogP contribution in [0.5, 0.6) is 5.75 Å². The van der Waals surface area contributed by atoms with Crippen molar-refractivity contribution in [2.75, 3.05) is 13.1 Å². The molecule has 0 bridgehead atoms. The molecule has 1 saturated carbocycles. The van der Waals surface area contributed by atoms with E-state index in [2.05, 4.69) is 50.4 Å². The fourth-order valence-electron chi connectivity index (χ4n) is 2.78. The first-order valence-electron chi connectivity index (χ1n) is 8.15. The van der Waals surface area contributed by atoms with Gasteiger partial charge in [-0.2, -0.15) is 0 Å². The van der Waals surface area contributed by atoms with Crippen LogP contribution in [0.3, 0.4) is 0 Å². The Morgan fingerprint density at radius 3 is 2.65 bits per heavy atom. The molecule has 1 aliphatic carbocycles. The van der Waals surface area contributed by atoms with Crippen LogP contribution in [0, 0.1) is 0 Å². The molecule has 0 unspecified atom stereocenters. The molecule has 1 aromatic rings. The lowest BCUT2D eigenvalue weighted by Crippen LogP contribution is -2.45. The molecule has 0 amide bonds. The van der Waals surface area contributed by atoms with Gasteiger partial charge in [-0.05, 0) is 68.8 Å². The maximum Gasteiger partial charge on any atom is 0.120 e. The topological polar surface area (TPSA) is 21.3 Å². The largest absolute Gasteiger partial charge is 0.487 e. The van der Waals surface area contributed by atoms with Crippen molar-refractivity contribution < 1.29 is 4.74 Å². The predicted octanol–water partition coefficient (Wildman–Crippen LogP) is 4.50.